The standard InChI is InChI=1S/C21H26N6O5S2/c1-32-25-14(13-10-34-21(22)23-13)17(28)24-15-18(29)26-16(20(30)31)11(9-33-19(15)26)8-27-6-2-4-12(27)5-3-7-27/h10,12,15,19H,2-9H2,1H3,(H3-,22,23,24,28,30,31)/b25-14-/t12?,15-,19-,27?/m1/s1. The molecule has 0 saturated carbocycles. The van der Waals surface area contributed by atoms with Gasteiger partial charge in [0.25, 0.3) is 11.8 Å². The van der Waals surface area contributed by atoms with Gasteiger partial charge in [-0.25, -0.2) is 4.98 Å². The largest absolute Gasteiger partial charge is 0.543 e. The van der Waals surface area contributed by atoms with Gasteiger partial charge in [0.15, 0.2) is 10.8 Å². The Labute approximate surface area is 204 Å². The molecule has 0 bridgehead atoms. The molecule has 0 aromatic carbocycles. The Bertz CT molecular complexity index is 1090. The second-order valence-corrected chi connectivity index (χ2v) is 11.1. The fraction of sp³-hybridized carbons (Fsp3) is 0.571. The van der Waals surface area contributed by atoms with Crippen molar-refractivity contribution in [2.45, 2.75) is 43.1 Å². The molecule has 3 saturated heterocycles. The molecule has 0 spiro atoms. The number of nitrogens with one attached hydrogen (secondary N) is 1. The molecule has 11 nitrogen and oxygen atoms in total. The highest BCUT2D eigenvalue weighted by Gasteiger charge is 2.55. The Kier molecular flexibility index (Phi) is 6.02. The quantitative estimate of drug-likeness (QED) is 0.212. The first-order valence-corrected chi connectivity index (χ1v) is 13.1. The molecule has 1 aromatic heterocycles. The summed E-state index contributed by atoms with van der Waals surface area (Å²) in [4.78, 5) is 48.2. The van der Waals surface area contributed by atoms with Gasteiger partial charge in [-0.05, 0) is 0 Å². The van der Waals surface area contributed by atoms with Gasteiger partial charge in [0.2, 0.25) is 0 Å². The summed E-state index contributed by atoms with van der Waals surface area (Å²) < 4.78 is 0.924. The van der Waals surface area contributed by atoms with Crippen molar-refractivity contribution in [1.82, 2.24) is 15.2 Å². The zero-order chi connectivity index (χ0) is 24.0. The van der Waals surface area contributed by atoms with E-state index in [2.05, 4.69) is 15.5 Å². The molecule has 2 amide bonds. The number of anilines is 1. The normalized spacial score (nSPS) is 30.6. The molecule has 2 atom stereocenters. The van der Waals surface area contributed by atoms with Crippen molar-refractivity contribution in [3.63, 3.8) is 0 Å². The maximum atomic E-state index is 13.0. The zero-order valence-corrected chi connectivity index (χ0v) is 20.3. The van der Waals surface area contributed by atoms with Gasteiger partial charge in [0.1, 0.15) is 30.8 Å². The Balaban J connectivity index is 1.34. The number of oxime groups is 1. The maximum absolute atomic E-state index is 13.0. The number of nitrogen functional groups attached to an aromatic ring is 1. The lowest BCUT2D eigenvalue weighted by Gasteiger charge is -2.51. The topological polar surface area (TPSA) is 150 Å². The molecular formula is C21H26N6O5S2. The van der Waals surface area contributed by atoms with E-state index < -0.39 is 29.2 Å². The van der Waals surface area contributed by atoms with E-state index in [0.29, 0.717) is 18.3 Å². The summed E-state index contributed by atoms with van der Waals surface area (Å²) in [5.74, 6) is -1.98. The number of β-lactam (4-membered cyclic amide) rings is 1. The van der Waals surface area contributed by atoms with Crippen LogP contribution < -0.4 is 16.2 Å². The van der Waals surface area contributed by atoms with E-state index in [4.69, 9.17) is 10.6 Å². The maximum Gasteiger partial charge on any atom is 0.276 e. The van der Waals surface area contributed by atoms with E-state index in [-0.39, 0.29) is 22.2 Å². The van der Waals surface area contributed by atoms with E-state index in [1.54, 1.807) is 5.38 Å². The number of rotatable bonds is 7. The van der Waals surface area contributed by atoms with Crippen LogP contribution in [0, 0.1) is 0 Å². The van der Waals surface area contributed by atoms with Crippen molar-refractivity contribution in [3.05, 3.63) is 22.3 Å². The van der Waals surface area contributed by atoms with Crippen LogP contribution in [0.15, 0.2) is 21.8 Å². The van der Waals surface area contributed by atoms with Crippen LogP contribution >= 0.6 is 23.1 Å². The van der Waals surface area contributed by atoms with E-state index in [1.807, 2.05) is 0 Å². The summed E-state index contributed by atoms with van der Waals surface area (Å²) in [6.07, 6.45) is 4.66. The van der Waals surface area contributed by atoms with E-state index in [1.165, 1.54) is 36.6 Å². The molecule has 3 N–H and O–H groups in total. The molecule has 13 heteroatoms. The minimum absolute atomic E-state index is 0.0256. The van der Waals surface area contributed by atoms with Crippen LogP contribution in [0.25, 0.3) is 0 Å². The van der Waals surface area contributed by atoms with Crippen LogP contribution in [-0.4, -0.2) is 87.8 Å². The van der Waals surface area contributed by atoms with E-state index >= 15 is 0 Å². The average molecular weight is 507 g/mol. The van der Waals surface area contributed by atoms with Crippen molar-refractivity contribution in [3.8, 4) is 0 Å². The SMILES string of the molecule is CO/N=C(\C(=O)N[C@@H]1C(=O)N2C(C(=O)[O-])=C(C[N+]34CCCC3CCC4)CS[C@H]12)c1csc(N)n1. The van der Waals surface area contributed by atoms with Crippen molar-refractivity contribution >= 4 is 51.7 Å². The number of hydrogen-bond donors (Lipinski definition) is 2. The molecule has 4 aliphatic heterocycles. The minimum Gasteiger partial charge on any atom is -0.543 e. The minimum atomic E-state index is -1.34. The molecule has 4 aliphatic rings. The number of amides is 2. The Morgan fingerprint density at radius 2 is 2.12 bits per heavy atom. The summed E-state index contributed by atoms with van der Waals surface area (Å²) in [5.41, 5.74) is 6.51. The lowest BCUT2D eigenvalue weighted by Crippen LogP contribution is -2.72. The first kappa shape index (κ1) is 23.1. The number of nitrogens with two attached hydrogens (primary N) is 1. The van der Waals surface area contributed by atoms with Crippen LogP contribution in [0.3, 0.4) is 0 Å². The number of carbonyl (C=O) groups excluding carboxylic acids is 3. The smallest absolute Gasteiger partial charge is 0.276 e. The van der Waals surface area contributed by atoms with Crippen LogP contribution in [0.2, 0.25) is 0 Å². The Hall–Kier alpha value is -2.64. The third-order valence-electron chi connectivity index (χ3n) is 7.25. The summed E-state index contributed by atoms with van der Waals surface area (Å²) in [7, 11) is 1.30. The molecule has 182 valence electrons. The number of hydrogen-bond acceptors (Lipinski definition) is 10. The first-order valence-electron chi connectivity index (χ1n) is 11.2. The van der Waals surface area contributed by atoms with Gasteiger partial charge in [0.05, 0.1) is 30.8 Å². The van der Waals surface area contributed by atoms with Crippen molar-refractivity contribution in [2.24, 2.45) is 5.16 Å². The van der Waals surface area contributed by atoms with Gasteiger partial charge in [-0.2, -0.15) is 0 Å². The lowest BCUT2D eigenvalue weighted by atomic mass is 10.0. The van der Waals surface area contributed by atoms with Gasteiger partial charge >= 0.3 is 0 Å². The number of carbonyl (C=O) groups is 3. The Morgan fingerprint density at radius 1 is 1.38 bits per heavy atom. The highest BCUT2D eigenvalue weighted by molar-refractivity contribution is 8.00. The molecule has 0 radical (unpaired) electrons. The van der Waals surface area contributed by atoms with Crippen LogP contribution in [0.4, 0.5) is 5.13 Å². The van der Waals surface area contributed by atoms with Crippen LogP contribution in [0.5, 0.6) is 0 Å². The molecular weight excluding hydrogens is 480 g/mol. The highest BCUT2D eigenvalue weighted by atomic mass is 32.2. The van der Waals surface area contributed by atoms with Gasteiger partial charge in [-0.15, -0.1) is 23.1 Å². The number of aliphatic carboxylic acids is 1. The number of carboxylic acid groups (broad SMARTS) is 1. The molecule has 1 aromatic rings. The molecule has 0 aliphatic carbocycles. The lowest BCUT2D eigenvalue weighted by molar-refractivity contribution is -0.922. The fourth-order valence-electron chi connectivity index (χ4n) is 5.82. The molecule has 34 heavy (non-hydrogen) atoms. The van der Waals surface area contributed by atoms with E-state index in [0.717, 1.165) is 47.3 Å². The van der Waals surface area contributed by atoms with E-state index in [9.17, 15) is 19.5 Å². The van der Waals surface area contributed by atoms with Crippen molar-refractivity contribution in [1.29, 1.82) is 0 Å². The second kappa shape index (κ2) is 8.86. The van der Waals surface area contributed by atoms with Crippen molar-refractivity contribution < 1.29 is 28.8 Å². The summed E-state index contributed by atoms with van der Waals surface area (Å²) in [5, 5.41) is 19.9. The predicted octanol–water partition coefficient (Wildman–Crippen LogP) is -0.747. The fourth-order valence-corrected chi connectivity index (χ4v) is 7.70. The number of carboxylic acids is 1. The first-order chi connectivity index (χ1) is 16.3. The highest BCUT2D eigenvalue weighted by Crippen LogP contribution is 2.43. The summed E-state index contributed by atoms with van der Waals surface area (Å²) in [6, 6.07) is -0.305. The number of nitrogens with zero attached hydrogens (tertiary/aromatic N) is 4. The summed E-state index contributed by atoms with van der Waals surface area (Å²) >= 11 is 2.61. The summed E-state index contributed by atoms with van der Waals surface area (Å²) in [6.45, 7) is 2.75. The molecule has 3 fully saturated rings. The van der Waals surface area contributed by atoms with Crippen molar-refractivity contribution in [2.75, 3.05) is 38.2 Å². The van der Waals surface area contributed by atoms with Gasteiger partial charge < -0.3 is 30.3 Å². The number of thiazole rings is 1. The molecule has 5 rings (SSSR count). The van der Waals surface area contributed by atoms with Gasteiger partial charge in [-0.1, -0.05) is 5.16 Å². The third kappa shape index (κ3) is 3.75. The Morgan fingerprint density at radius 3 is 2.74 bits per heavy atom. The zero-order valence-electron chi connectivity index (χ0n) is 18.7. The molecule has 5 heterocycles. The number of aromatic nitrogens is 1. The average Bonchev–Trinajstić information content (AvgIpc) is 3.50. The molecule has 0 unspecified atom stereocenters. The number of quaternary nitrogens is 1. The van der Waals surface area contributed by atoms with Crippen LogP contribution in [0.1, 0.15) is 31.4 Å². The van der Waals surface area contributed by atoms with Crippen LogP contribution in [-0.2, 0) is 19.2 Å². The third-order valence-corrected chi connectivity index (χ3v) is 9.26. The van der Waals surface area contributed by atoms with Gasteiger partial charge in [-0.3, -0.25) is 14.5 Å². The predicted molar refractivity (Wildman–Crippen MR) is 124 cm³/mol. The number of fused-ring (bicyclic) bond motifs is 2. The number of thioether (sulfide) groups is 1. The van der Waals surface area contributed by atoms with Gasteiger partial charge in [0, 0.05) is 42.4 Å². The second-order valence-electron chi connectivity index (χ2n) is 9.06. The monoisotopic (exact) mass is 506 g/mol.